The third-order valence-corrected chi connectivity index (χ3v) is 14.2. The Kier molecular flexibility index (Phi) is 10.7. The molecule has 1 N–H and O–H groups in total. The van der Waals surface area contributed by atoms with Gasteiger partial charge in [0, 0.05) is 48.7 Å². The second-order valence-electron chi connectivity index (χ2n) is 4.25. The molecule has 0 amide bonds. The van der Waals surface area contributed by atoms with Crippen LogP contribution in [0.5, 0.6) is 0 Å². The zero-order valence-electron chi connectivity index (χ0n) is 14.9. The van der Waals surface area contributed by atoms with Crippen LogP contribution in [0.3, 0.4) is 0 Å². The lowest BCUT2D eigenvalue weighted by atomic mass is 10.9. The number of rotatable bonds is 13. The lowest BCUT2D eigenvalue weighted by Crippen LogP contribution is -2.60. The van der Waals surface area contributed by atoms with Gasteiger partial charge in [0.25, 0.3) is 0 Å². The molecular formula is C9H28O10Si4. The minimum Gasteiger partial charge on any atom is -0.396 e. The average molecular weight is 409 g/mol. The van der Waals surface area contributed by atoms with Gasteiger partial charge in [-0.15, -0.1) is 0 Å². The molecule has 0 radical (unpaired) electrons. The van der Waals surface area contributed by atoms with Gasteiger partial charge in [0.2, 0.25) is 0 Å². The standard InChI is InChI=1S/C9H28O10Si4/c1-9-16-22(10,12-3)19-21(8,11-2)17-20(7)18-23(13-4,14-5)15-6/h10,20H,9H2,1-8H3. The summed E-state index contributed by atoms with van der Waals surface area (Å²) in [7, 11) is -5.70. The van der Waals surface area contributed by atoms with Gasteiger partial charge in [0.1, 0.15) is 0 Å². The van der Waals surface area contributed by atoms with Gasteiger partial charge in [-0.3, -0.25) is 0 Å². The normalized spacial score (nSPS) is 19.2. The Morgan fingerprint density at radius 3 is 1.74 bits per heavy atom. The number of hydrogen-bond donors (Lipinski definition) is 1. The van der Waals surface area contributed by atoms with Crippen LogP contribution in [-0.2, 0) is 38.9 Å². The minimum atomic E-state index is -3.83. The third-order valence-electron chi connectivity index (χ3n) is 2.71. The molecule has 0 aliphatic carbocycles. The molecule has 14 heteroatoms. The Morgan fingerprint density at radius 2 is 1.39 bits per heavy atom. The first-order valence-electron chi connectivity index (χ1n) is 6.85. The molecule has 3 unspecified atom stereocenters. The highest BCUT2D eigenvalue weighted by molar-refractivity contribution is 6.76. The molecule has 0 saturated carbocycles. The Hall–Kier alpha value is 0.468. The van der Waals surface area contributed by atoms with E-state index in [-0.39, 0.29) is 6.61 Å². The lowest BCUT2D eigenvalue weighted by molar-refractivity contribution is 0.0219. The molecule has 0 aromatic rings. The van der Waals surface area contributed by atoms with Gasteiger partial charge in [-0.2, -0.15) is 0 Å². The summed E-state index contributed by atoms with van der Waals surface area (Å²) in [6.45, 7) is 5.27. The zero-order valence-corrected chi connectivity index (χ0v) is 19.1. The SMILES string of the molecule is CCO[Si](O)(OC)O[Si](C)(OC)O[SiH](C)O[Si](OC)(OC)OC. The van der Waals surface area contributed by atoms with Gasteiger partial charge < -0.3 is 43.7 Å². The van der Waals surface area contributed by atoms with E-state index in [1.165, 1.54) is 35.5 Å². The van der Waals surface area contributed by atoms with Crippen molar-refractivity contribution in [3.8, 4) is 0 Å². The van der Waals surface area contributed by atoms with E-state index >= 15 is 0 Å². The molecule has 0 heterocycles. The summed E-state index contributed by atoms with van der Waals surface area (Å²) in [5.74, 6) is 0. The van der Waals surface area contributed by atoms with Crippen molar-refractivity contribution in [2.24, 2.45) is 0 Å². The van der Waals surface area contributed by atoms with E-state index < -0.39 is 36.2 Å². The summed E-state index contributed by atoms with van der Waals surface area (Å²) >= 11 is 0. The molecule has 0 aliphatic heterocycles. The van der Waals surface area contributed by atoms with Crippen molar-refractivity contribution in [2.75, 3.05) is 42.2 Å². The maximum Gasteiger partial charge on any atom is 0.669 e. The largest absolute Gasteiger partial charge is 0.669 e. The molecule has 0 bridgehead atoms. The Bertz CT molecular complexity index is 327. The highest BCUT2D eigenvalue weighted by Gasteiger charge is 2.53. The van der Waals surface area contributed by atoms with Crippen LogP contribution in [0.25, 0.3) is 0 Å². The fraction of sp³-hybridized carbons (Fsp3) is 1.00. The molecule has 0 aromatic heterocycles. The van der Waals surface area contributed by atoms with Crippen LogP contribution in [0.4, 0.5) is 0 Å². The molecule has 0 aliphatic rings. The summed E-state index contributed by atoms with van der Waals surface area (Å²) in [5, 5.41) is 0. The molecule has 140 valence electrons. The quantitative estimate of drug-likeness (QED) is 0.404. The second-order valence-corrected chi connectivity index (χ2v) is 14.2. The minimum absolute atomic E-state index is 0.223. The van der Waals surface area contributed by atoms with Crippen molar-refractivity contribution in [3.05, 3.63) is 0 Å². The van der Waals surface area contributed by atoms with Crippen molar-refractivity contribution in [2.45, 2.75) is 20.0 Å². The van der Waals surface area contributed by atoms with Crippen LogP contribution in [0, 0.1) is 0 Å². The molecular weight excluding hydrogens is 380 g/mol. The van der Waals surface area contributed by atoms with Crippen molar-refractivity contribution in [3.63, 3.8) is 0 Å². The summed E-state index contributed by atoms with van der Waals surface area (Å²) in [4.78, 5) is 10.2. The first-order chi connectivity index (χ1) is 10.7. The van der Waals surface area contributed by atoms with E-state index in [1.54, 1.807) is 20.0 Å². The Labute approximate surface area is 142 Å². The summed E-state index contributed by atoms with van der Waals surface area (Å²) in [6, 6.07) is 0. The zero-order chi connectivity index (χ0) is 18.1. The molecule has 0 spiro atoms. The molecule has 3 atom stereocenters. The predicted molar refractivity (Wildman–Crippen MR) is 88.3 cm³/mol. The van der Waals surface area contributed by atoms with Crippen LogP contribution in [0.2, 0.25) is 13.1 Å². The van der Waals surface area contributed by atoms with E-state index in [0.29, 0.717) is 0 Å². The molecule has 23 heavy (non-hydrogen) atoms. The monoisotopic (exact) mass is 408 g/mol. The van der Waals surface area contributed by atoms with E-state index in [0.717, 1.165) is 0 Å². The van der Waals surface area contributed by atoms with Gasteiger partial charge in [0.15, 0.2) is 0 Å². The predicted octanol–water partition coefficient (Wildman–Crippen LogP) is -0.413. The topological polar surface area (TPSA) is 103 Å². The highest BCUT2D eigenvalue weighted by Crippen LogP contribution is 2.19. The summed E-state index contributed by atoms with van der Waals surface area (Å²) in [5.41, 5.74) is 0. The van der Waals surface area contributed by atoms with E-state index in [4.69, 9.17) is 38.9 Å². The van der Waals surface area contributed by atoms with Crippen molar-refractivity contribution in [1.29, 1.82) is 0 Å². The molecule has 0 fully saturated rings. The van der Waals surface area contributed by atoms with Gasteiger partial charge in [-0.05, 0) is 13.5 Å². The smallest absolute Gasteiger partial charge is 0.396 e. The maximum absolute atomic E-state index is 10.2. The van der Waals surface area contributed by atoms with Crippen LogP contribution >= 0.6 is 0 Å². The lowest BCUT2D eigenvalue weighted by Gasteiger charge is -2.34. The highest BCUT2D eigenvalue weighted by atomic mass is 28.5. The number of hydrogen-bond acceptors (Lipinski definition) is 10. The van der Waals surface area contributed by atoms with E-state index in [2.05, 4.69) is 0 Å². The van der Waals surface area contributed by atoms with Gasteiger partial charge in [0.05, 0.1) is 0 Å². The molecule has 0 aromatic carbocycles. The molecule has 0 rings (SSSR count). The molecule has 0 saturated heterocycles. The fourth-order valence-corrected chi connectivity index (χ4v) is 12.2. The summed E-state index contributed by atoms with van der Waals surface area (Å²) < 4.78 is 48.1. The van der Waals surface area contributed by atoms with Crippen molar-refractivity contribution >= 4 is 36.2 Å². The third kappa shape index (κ3) is 7.48. The van der Waals surface area contributed by atoms with E-state index in [9.17, 15) is 4.80 Å². The van der Waals surface area contributed by atoms with Crippen molar-refractivity contribution < 1.29 is 43.7 Å². The van der Waals surface area contributed by atoms with Gasteiger partial charge in [-0.1, -0.05) is 0 Å². The Morgan fingerprint density at radius 1 is 0.870 bits per heavy atom. The summed E-state index contributed by atoms with van der Waals surface area (Å²) in [6.07, 6.45) is 0. The first kappa shape index (κ1) is 23.5. The van der Waals surface area contributed by atoms with Gasteiger partial charge >= 0.3 is 36.2 Å². The fourth-order valence-electron chi connectivity index (χ4n) is 1.58. The van der Waals surface area contributed by atoms with Crippen LogP contribution in [0.1, 0.15) is 6.92 Å². The first-order valence-corrected chi connectivity index (χ1v) is 14.5. The molecule has 10 nitrogen and oxygen atoms in total. The maximum atomic E-state index is 10.2. The van der Waals surface area contributed by atoms with Crippen LogP contribution in [-0.4, -0.2) is 83.1 Å². The average Bonchev–Trinajstić information content (AvgIpc) is 2.52. The van der Waals surface area contributed by atoms with Crippen LogP contribution < -0.4 is 0 Å². The second kappa shape index (κ2) is 10.5. The van der Waals surface area contributed by atoms with E-state index in [1.807, 2.05) is 0 Å². The Balaban J connectivity index is 4.96. The van der Waals surface area contributed by atoms with Crippen LogP contribution in [0.15, 0.2) is 0 Å². The van der Waals surface area contributed by atoms with Crippen molar-refractivity contribution in [1.82, 2.24) is 0 Å². The van der Waals surface area contributed by atoms with Gasteiger partial charge in [-0.25, -0.2) is 0 Å².